The lowest BCUT2D eigenvalue weighted by Crippen LogP contribution is -2.30. The Kier molecular flexibility index (Phi) is 3.38. The van der Waals surface area contributed by atoms with Crippen molar-refractivity contribution >= 4 is 22.4 Å². The summed E-state index contributed by atoms with van der Waals surface area (Å²) in [7, 11) is 0. The average Bonchev–Trinajstić information content (AvgIpc) is 2.78. The summed E-state index contributed by atoms with van der Waals surface area (Å²) in [5, 5.41) is 6.49. The first-order valence-electron chi connectivity index (χ1n) is 6.87. The third-order valence-corrected chi connectivity index (χ3v) is 4.09. The van der Waals surface area contributed by atoms with E-state index in [1.165, 1.54) is 5.56 Å². The Hall–Kier alpha value is -1.25. The second-order valence-corrected chi connectivity index (χ2v) is 5.33. The zero-order valence-corrected chi connectivity index (χ0v) is 12.0. The largest absolute Gasteiger partial charge is 0.487 e. The van der Waals surface area contributed by atoms with Crippen molar-refractivity contribution in [2.75, 3.05) is 6.54 Å². The number of ether oxygens (including phenoxy) is 1. The van der Waals surface area contributed by atoms with Gasteiger partial charge in [0.1, 0.15) is 11.9 Å². The maximum Gasteiger partial charge on any atom is 0.132 e. The summed E-state index contributed by atoms with van der Waals surface area (Å²) < 4.78 is 6.17. The normalized spacial score (nSPS) is 21.4. The molecule has 0 radical (unpaired) electrons. The lowest BCUT2D eigenvalue weighted by molar-refractivity contribution is 0.188. The van der Waals surface area contributed by atoms with Crippen molar-refractivity contribution in [3.05, 3.63) is 40.9 Å². The summed E-state index contributed by atoms with van der Waals surface area (Å²) >= 11 is 6.41. The molecule has 100 valence electrons. The molecule has 3 rings (SSSR count). The van der Waals surface area contributed by atoms with Crippen LogP contribution in [-0.2, 0) is 0 Å². The Labute approximate surface area is 118 Å². The first-order chi connectivity index (χ1) is 9.26. The number of benzene rings is 2. The van der Waals surface area contributed by atoms with Gasteiger partial charge in [-0.3, -0.25) is 0 Å². The molecule has 3 heteroatoms. The fourth-order valence-electron chi connectivity index (χ4n) is 2.89. The highest BCUT2D eigenvalue weighted by Crippen LogP contribution is 2.45. The van der Waals surface area contributed by atoms with Gasteiger partial charge in [-0.25, -0.2) is 0 Å². The molecule has 0 fully saturated rings. The number of likely N-dealkylation sites (N-methyl/N-ethyl adjacent to an activating group) is 1. The third-order valence-electron chi connectivity index (χ3n) is 3.78. The van der Waals surface area contributed by atoms with Crippen LogP contribution in [0.15, 0.2) is 30.3 Å². The maximum absolute atomic E-state index is 6.41. The molecule has 0 saturated heterocycles. The highest BCUT2D eigenvalue weighted by atomic mass is 35.5. The molecule has 0 saturated carbocycles. The van der Waals surface area contributed by atoms with E-state index in [-0.39, 0.29) is 12.1 Å². The summed E-state index contributed by atoms with van der Waals surface area (Å²) in [4.78, 5) is 0. The summed E-state index contributed by atoms with van der Waals surface area (Å²) in [6.07, 6.45) is 1.18. The second kappa shape index (κ2) is 5.03. The molecule has 1 aliphatic rings. The molecule has 0 aliphatic carbocycles. The van der Waals surface area contributed by atoms with Gasteiger partial charge in [-0.2, -0.15) is 0 Å². The average molecular weight is 276 g/mol. The van der Waals surface area contributed by atoms with E-state index >= 15 is 0 Å². The minimum atomic E-state index is 0.192. The van der Waals surface area contributed by atoms with Crippen molar-refractivity contribution in [1.29, 1.82) is 0 Å². The van der Waals surface area contributed by atoms with Crippen LogP contribution in [0.1, 0.15) is 31.9 Å². The number of hydrogen-bond acceptors (Lipinski definition) is 2. The van der Waals surface area contributed by atoms with E-state index in [0.717, 1.165) is 34.5 Å². The summed E-state index contributed by atoms with van der Waals surface area (Å²) in [6.45, 7) is 5.20. The van der Waals surface area contributed by atoms with Crippen LogP contribution in [0.25, 0.3) is 10.8 Å². The van der Waals surface area contributed by atoms with Crippen molar-refractivity contribution in [2.45, 2.75) is 32.4 Å². The van der Waals surface area contributed by atoms with E-state index in [0.29, 0.717) is 0 Å². The fraction of sp³-hybridized carbons (Fsp3) is 0.375. The van der Waals surface area contributed by atoms with E-state index in [9.17, 15) is 0 Å². The van der Waals surface area contributed by atoms with E-state index < -0.39 is 0 Å². The Morgan fingerprint density at radius 3 is 2.63 bits per heavy atom. The summed E-state index contributed by atoms with van der Waals surface area (Å²) in [6, 6.07) is 10.5. The lowest BCUT2D eigenvalue weighted by atomic mass is 9.98. The zero-order chi connectivity index (χ0) is 13.4. The molecular formula is C16H18ClNO. The van der Waals surface area contributed by atoms with E-state index in [2.05, 4.69) is 31.3 Å². The highest BCUT2D eigenvalue weighted by molar-refractivity contribution is 6.36. The van der Waals surface area contributed by atoms with E-state index in [4.69, 9.17) is 16.3 Å². The van der Waals surface area contributed by atoms with E-state index in [1.807, 2.05) is 18.2 Å². The topological polar surface area (TPSA) is 21.3 Å². The fourth-order valence-corrected chi connectivity index (χ4v) is 3.17. The van der Waals surface area contributed by atoms with Crippen LogP contribution < -0.4 is 10.1 Å². The number of fused-ring (bicyclic) bond motifs is 3. The van der Waals surface area contributed by atoms with Gasteiger partial charge < -0.3 is 10.1 Å². The van der Waals surface area contributed by atoms with Gasteiger partial charge in [-0.15, -0.1) is 0 Å². The van der Waals surface area contributed by atoms with Crippen molar-refractivity contribution in [3.63, 3.8) is 0 Å². The Bertz CT molecular complexity index is 611. The maximum atomic E-state index is 6.41. The molecular weight excluding hydrogens is 258 g/mol. The molecule has 1 N–H and O–H groups in total. The smallest absolute Gasteiger partial charge is 0.132 e. The minimum Gasteiger partial charge on any atom is -0.487 e. The number of rotatable bonds is 3. The molecule has 0 aromatic heterocycles. The molecule has 2 nitrogen and oxygen atoms in total. The highest BCUT2D eigenvalue weighted by Gasteiger charge is 2.34. The minimum absolute atomic E-state index is 0.192. The van der Waals surface area contributed by atoms with E-state index in [1.54, 1.807) is 0 Å². The van der Waals surface area contributed by atoms with Gasteiger partial charge in [-0.1, -0.05) is 49.7 Å². The molecule has 19 heavy (non-hydrogen) atoms. The predicted molar refractivity (Wildman–Crippen MR) is 80.1 cm³/mol. The molecule has 0 amide bonds. The lowest BCUT2D eigenvalue weighted by Gasteiger charge is -2.17. The molecule has 1 aliphatic heterocycles. The molecule has 2 atom stereocenters. The third kappa shape index (κ3) is 1.99. The van der Waals surface area contributed by atoms with Crippen LogP contribution in [0.5, 0.6) is 5.75 Å². The van der Waals surface area contributed by atoms with Gasteiger partial charge in [0.25, 0.3) is 0 Å². The predicted octanol–water partition coefficient (Wildman–Crippen LogP) is 4.31. The van der Waals surface area contributed by atoms with Crippen molar-refractivity contribution in [1.82, 2.24) is 5.32 Å². The van der Waals surface area contributed by atoms with Crippen molar-refractivity contribution in [2.24, 2.45) is 0 Å². The molecule has 2 aromatic rings. The SMILES string of the molecule is CCNC1c2cc(Cl)c3ccccc3c2OC1CC. The second-order valence-electron chi connectivity index (χ2n) is 4.92. The van der Waals surface area contributed by atoms with Gasteiger partial charge >= 0.3 is 0 Å². The molecule has 0 bridgehead atoms. The molecule has 2 aromatic carbocycles. The Balaban J connectivity index is 2.20. The standard InChI is InChI=1S/C16H18ClNO/c1-3-14-15(18-4-2)12-9-13(17)10-7-5-6-8-11(10)16(12)19-14/h5-9,14-15,18H,3-4H2,1-2H3. The van der Waals surface area contributed by atoms with Crippen LogP contribution in [0.3, 0.4) is 0 Å². The van der Waals surface area contributed by atoms with Crippen LogP contribution in [0.2, 0.25) is 5.02 Å². The molecule has 1 heterocycles. The van der Waals surface area contributed by atoms with Gasteiger partial charge in [0.2, 0.25) is 0 Å². The Morgan fingerprint density at radius 1 is 1.21 bits per heavy atom. The number of halogens is 1. The summed E-state index contributed by atoms with van der Waals surface area (Å²) in [5.74, 6) is 0.998. The quantitative estimate of drug-likeness (QED) is 0.901. The van der Waals surface area contributed by atoms with Crippen LogP contribution in [0, 0.1) is 0 Å². The van der Waals surface area contributed by atoms with Crippen LogP contribution >= 0.6 is 11.6 Å². The van der Waals surface area contributed by atoms with Gasteiger partial charge in [0.15, 0.2) is 0 Å². The first kappa shape index (κ1) is 12.8. The first-order valence-corrected chi connectivity index (χ1v) is 7.25. The van der Waals surface area contributed by atoms with Crippen LogP contribution in [0.4, 0.5) is 0 Å². The number of hydrogen-bond donors (Lipinski definition) is 1. The molecule has 0 spiro atoms. The van der Waals surface area contributed by atoms with Crippen LogP contribution in [-0.4, -0.2) is 12.6 Å². The van der Waals surface area contributed by atoms with Crippen molar-refractivity contribution < 1.29 is 4.74 Å². The molecule has 2 unspecified atom stereocenters. The summed E-state index contributed by atoms with van der Waals surface area (Å²) in [5.41, 5.74) is 1.19. The van der Waals surface area contributed by atoms with Gasteiger partial charge in [0.05, 0.1) is 6.04 Å². The zero-order valence-electron chi connectivity index (χ0n) is 11.2. The van der Waals surface area contributed by atoms with Gasteiger partial charge in [-0.05, 0) is 19.0 Å². The van der Waals surface area contributed by atoms with Gasteiger partial charge in [0, 0.05) is 21.4 Å². The number of nitrogens with one attached hydrogen (secondary N) is 1. The Morgan fingerprint density at radius 2 is 1.95 bits per heavy atom. The van der Waals surface area contributed by atoms with Crippen molar-refractivity contribution in [3.8, 4) is 5.75 Å². The monoisotopic (exact) mass is 275 g/mol.